The van der Waals surface area contributed by atoms with Gasteiger partial charge in [0.1, 0.15) is 5.82 Å². The van der Waals surface area contributed by atoms with Crippen molar-refractivity contribution in [3.05, 3.63) is 64.4 Å². The summed E-state index contributed by atoms with van der Waals surface area (Å²) in [4.78, 5) is 11.7. The number of urea groups is 1. The van der Waals surface area contributed by atoms with E-state index in [2.05, 4.69) is 10.6 Å². The van der Waals surface area contributed by atoms with E-state index in [1.807, 2.05) is 6.07 Å². The molecule has 0 bridgehead atoms. The van der Waals surface area contributed by atoms with Crippen molar-refractivity contribution in [3.63, 3.8) is 0 Å². The van der Waals surface area contributed by atoms with Crippen LogP contribution >= 0.6 is 11.6 Å². The molecular formula is C15H11ClFN3O. The highest BCUT2D eigenvalue weighted by Gasteiger charge is 2.07. The van der Waals surface area contributed by atoms with Crippen molar-refractivity contribution in [2.24, 2.45) is 0 Å². The fourth-order valence-electron chi connectivity index (χ4n) is 1.66. The lowest BCUT2D eigenvalue weighted by Gasteiger charge is -2.09. The third-order valence-corrected chi connectivity index (χ3v) is 3.07. The maximum absolute atomic E-state index is 13.6. The standard InChI is InChI=1S/C15H11ClFN3O/c16-12-3-1-2-4-14(12)20-15(21)19-9-11-6-5-10(8-18)7-13(11)17/h1-7H,9H2,(H2,19,20,21). The van der Waals surface area contributed by atoms with Crippen LogP contribution in [0.1, 0.15) is 11.1 Å². The highest BCUT2D eigenvalue weighted by molar-refractivity contribution is 6.33. The number of rotatable bonds is 3. The molecule has 0 fully saturated rings. The summed E-state index contributed by atoms with van der Waals surface area (Å²) in [6.07, 6.45) is 0. The Bertz CT molecular complexity index is 712. The number of nitriles is 1. The summed E-state index contributed by atoms with van der Waals surface area (Å²) in [5.74, 6) is -0.535. The quantitative estimate of drug-likeness (QED) is 0.908. The number of hydrogen-bond donors (Lipinski definition) is 2. The maximum atomic E-state index is 13.6. The number of anilines is 1. The highest BCUT2D eigenvalue weighted by atomic mass is 35.5. The Kier molecular flexibility index (Phi) is 4.75. The van der Waals surface area contributed by atoms with E-state index in [0.717, 1.165) is 6.07 Å². The molecule has 0 aliphatic heterocycles. The van der Waals surface area contributed by atoms with Crippen molar-refractivity contribution in [1.29, 1.82) is 5.26 Å². The lowest BCUT2D eigenvalue weighted by Crippen LogP contribution is -2.28. The monoisotopic (exact) mass is 303 g/mol. The van der Waals surface area contributed by atoms with Crippen molar-refractivity contribution in [3.8, 4) is 6.07 Å². The first-order valence-electron chi connectivity index (χ1n) is 6.08. The molecule has 2 amide bonds. The molecule has 0 atom stereocenters. The number of carbonyl (C=O) groups is 1. The number of benzene rings is 2. The van der Waals surface area contributed by atoms with Gasteiger partial charge in [-0.15, -0.1) is 0 Å². The van der Waals surface area contributed by atoms with Crippen LogP contribution in [0.2, 0.25) is 5.02 Å². The van der Waals surface area contributed by atoms with Crippen molar-refractivity contribution in [2.45, 2.75) is 6.54 Å². The summed E-state index contributed by atoms with van der Waals surface area (Å²) in [5.41, 5.74) is 0.997. The predicted molar refractivity (Wildman–Crippen MR) is 78.4 cm³/mol. The van der Waals surface area contributed by atoms with E-state index < -0.39 is 11.8 Å². The minimum atomic E-state index is -0.535. The topological polar surface area (TPSA) is 64.9 Å². The first kappa shape index (κ1) is 14.8. The number of nitrogens with one attached hydrogen (secondary N) is 2. The SMILES string of the molecule is N#Cc1ccc(CNC(=O)Nc2ccccc2Cl)c(F)c1. The average molecular weight is 304 g/mol. The van der Waals surface area contributed by atoms with Gasteiger partial charge >= 0.3 is 6.03 Å². The molecule has 0 heterocycles. The number of carbonyl (C=O) groups excluding carboxylic acids is 1. The van der Waals surface area contributed by atoms with Crippen LogP contribution in [0.5, 0.6) is 0 Å². The second-order valence-corrected chi connectivity index (χ2v) is 4.61. The van der Waals surface area contributed by atoms with Gasteiger partial charge in [0, 0.05) is 12.1 Å². The van der Waals surface area contributed by atoms with Crippen LogP contribution in [0.25, 0.3) is 0 Å². The summed E-state index contributed by atoms with van der Waals surface area (Å²) < 4.78 is 13.6. The number of halogens is 2. The van der Waals surface area contributed by atoms with Crippen LogP contribution in [0, 0.1) is 17.1 Å². The number of hydrogen-bond acceptors (Lipinski definition) is 2. The molecule has 6 heteroatoms. The van der Waals surface area contributed by atoms with Crippen LogP contribution < -0.4 is 10.6 Å². The first-order valence-corrected chi connectivity index (χ1v) is 6.46. The van der Waals surface area contributed by atoms with Gasteiger partial charge in [0.05, 0.1) is 22.3 Å². The molecule has 0 saturated carbocycles. The zero-order chi connectivity index (χ0) is 15.2. The Morgan fingerprint density at radius 1 is 1.29 bits per heavy atom. The van der Waals surface area contributed by atoms with Gasteiger partial charge < -0.3 is 10.6 Å². The second-order valence-electron chi connectivity index (χ2n) is 4.21. The molecule has 0 aromatic heterocycles. The van der Waals surface area contributed by atoms with Crippen LogP contribution in [-0.2, 0) is 6.54 Å². The van der Waals surface area contributed by atoms with E-state index in [-0.39, 0.29) is 12.1 Å². The van der Waals surface area contributed by atoms with E-state index >= 15 is 0 Å². The third kappa shape index (κ3) is 3.94. The molecule has 0 spiro atoms. The van der Waals surface area contributed by atoms with Crippen LogP contribution in [0.15, 0.2) is 42.5 Å². The largest absolute Gasteiger partial charge is 0.334 e. The molecule has 2 rings (SSSR count). The zero-order valence-corrected chi connectivity index (χ0v) is 11.6. The highest BCUT2D eigenvalue weighted by Crippen LogP contribution is 2.20. The Morgan fingerprint density at radius 2 is 2.05 bits per heavy atom. The normalized spacial score (nSPS) is 9.76. The van der Waals surface area contributed by atoms with Crippen LogP contribution in [-0.4, -0.2) is 6.03 Å². The lowest BCUT2D eigenvalue weighted by atomic mass is 10.1. The van der Waals surface area contributed by atoms with Gasteiger partial charge in [0.25, 0.3) is 0 Å². The molecule has 0 aliphatic rings. The predicted octanol–water partition coefficient (Wildman–Crippen LogP) is 3.67. The Labute approximate surface area is 126 Å². The molecule has 2 aromatic rings. The minimum Gasteiger partial charge on any atom is -0.334 e. The average Bonchev–Trinajstić information content (AvgIpc) is 2.48. The molecular weight excluding hydrogens is 293 g/mol. The smallest absolute Gasteiger partial charge is 0.319 e. The number of amides is 2. The molecule has 0 radical (unpaired) electrons. The molecule has 106 valence electrons. The molecule has 0 aliphatic carbocycles. The summed E-state index contributed by atoms with van der Waals surface area (Å²) in [7, 11) is 0. The fourth-order valence-corrected chi connectivity index (χ4v) is 1.85. The van der Waals surface area contributed by atoms with Crippen molar-refractivity contribution >= 4 is 23.3 Å². The molecule has 21 heavy (non-hydrogen) atoms. The molecule has 0 saturated heterocycles. The Balaban J connectivity index is 1.96. The van der Waals surface area contributed by atoms with E-state index in [0.29, 0.717) is 16.3 Å². The number of para-hydroxylation sites is 1. The minimum absolute atomic E-state index is 0.00777. The van der Waals surface area contributed by atoms with Crippen molar-refractivity contribution < 1.29 is 9.18 Å². The molecule has 2 N–H and O–H groups in total. The van der Waals surface area contributed by atoms with Gasteiger partial charge in [-0.2, -0.15) is 5.26 Å². The molecule has 0 unspecified atom stereocenters. The van der Waals surface area contributed by atoms with Gasteiger partial charge in [0.2, 0.25) is 0 Å². The van der Waals surface area contributed by atoms with E-state index in [1.54, 1.807) is 24.3 Å². The van der Waals surface area contributed by atoms with Crippen LogP contribution in [0.4, 0.5) is 14.9 Å². The number of nitrogens with zero attached hydrogens (tertiary/aromatic N) is 1. The zero-order valence-electron chi connectivity index (χ0n) is 10.9. The van der Waals surface area contributed by atoms with E-state index in [4.69, 9.17) is 16.9 Å². The Hall–Kier alpha value is -2.58. The van der Waals surface area contributed by atoms with E-state index in [9.17, 15) is 9.18 Å². The van der Waals surface area contributed by atoms with Gasteiger partial charge in [-0.3, -0.25) is 0 Å². The summed E-state index contributed by atoms with van der Waals surface area (Å²) in [6.45, 7) is 0.00777. The van der Waals surface area contributed by atoms with Gasteiger partial charge in [-0.05, 0) is 24.3 Å². The molecule has 2 aromatic carbocycles. The maximum Gasteiger partial charge on any atom is 0.319 e. The lowest BCUT2D eigenvalue weighted by molar-refractivity contribution is 0.251. The van der Waals surface area contributed by atoms with Crippen LogP contribution in [0.3, 0.4) is 0 Å². The van der Waals surface area contributed by atoms with Gasteiger partial charge in [-0.25, -0.2) is 9.18 Å². The van der Waals surface area contributed by atoms with Crippen molar-refractivity contribution in [2.75, 3.05) is 5.32 Å². The second kappa shape index (κ2) is 6.73. The summed E-state index contributed by atoms with van der Waals surface area (Å²) >= 11 is 5.91. The Morgan fingerprint density at radius 3 is 2.71 bits per heavy atom. The summed E-state index contributed by atoms with van der Waals surface area (Å²) in [5, 5.41) is 14.2. The fraction of sp³-hybridized carbons (Fsp3) is 0.0667. The van der Waals surface area contributed by atoms with Gasteiger partial charge in [-0.1, -0.05) is 29.8 Å². The van der Waals surface area contributed by atoms with Crippen molar-refractivity contribution in [1.82, 2.24) is 5.32 Å². The first-order chi connectivity index (χ1) is 10.1. The molecule has 4 nitrogen and oxygen atoms in total. The summed E-state index contributed by atoms with van der Waals surface area (Å²) in [6, 6.07) is 12.2. The third-order valence-electron chi connectivity index (χ3n) is 2.74. The van der Waals surface area contributed by atoms with E-state index in [1.165, 1.54) is 12.1 Å². The van der Waals surface area contributed by atoms with Gasteiger partial charge in [0.15, 0.2) is 0 Å².